The maximum atomic E-state index is 12.7. The van der Waals surface area contributed by atoms with Crippen molar-refractivity contribution < 1.29 is 27.5 Å². The number of nitrogens with zero attached hydrogens (tertiary/aromatic N) is 1. The number of para-hydroxylation sites is 1. The van der Waals surface area contributed by atoms with E-state index < -0.39 is 28.4 Å². The first kappa shape index (κ1) is 22.9. The summed E-state index contributed by atoms with van der Waals surface area (Å²) >= 11 is 6.06. The number of sulfonamides is 1. The van der Waals surface area contributed by atoms with Crippen molar-refractivity contribution in [1.29, 1.82) is 0 Å². The van der Waals surface area contributed by atoms with Gasteiger partial charge in [-0.3, -0.25) is 4.79 Å². The molecule has 0 radical (unpaired) electrons. The van der Waals surface area contributed by atoms with Gasteiger partial charge in [-0.05, 0) is 30.3 Å². The molecule has 9 heteroatoms. The Hall–Kier alpha value is -2.42. The Bertz CT molecular complexity index is 1000. The molecule has 0 saturated heterocycles. The van der Waals surface area contributed by atoms with Crippen LogP contribution in [-0.2, 0) is 14.8 Å². The van der Waals surface area contributed by atoms with Gasteiger partial charge in [-0.2, -0.15) is 4.31 Å². The summed E-state index contributed by atoms with van der Waals surface area (Å²) in [4.78, 5) is 24.5. The number of halogens is 1. The molecular weight excluding hydrogens is 418 g/mol. The van der Waals surface area contributed by atoms with E-state index in [1.165, 1.54) is 23.5 Å². The number of ketones is 1. The zero-order valence-electron chi connectivity index (χ0n) is 16.3. The van der Waals surface area contributed by atoms with Crippen LogP contribution < -0.4 is 4.74 Å². The Morgan fingerprint density at radius 1 is 1.07 bits per heavy atom. The Labute approximate surface area is 175 Å². The molecule has 0 aliphatic rings. The van der Waals surface area contributed by atoms with Crippen molar-refractivity contribution in [3.05, 3.63) is 58.6 Å². The number of rotatable bonds is 9. The van der Waals surface area contributed by atoms with E-state index in [9.17, 15) is 18.0 Å². The lowest BCUT2D eigenvalue weighted by molar-refractivity contribution is 0.0473. The molecule has 7 nitrogen and oxygen atoms in total. The lowest BCUT2D eigenvalue weighted by Crippen LogP contribution is -2.31. The summed E-state index contributed by atoms with van der Waals surface area (Å²) in [6, 6.07) is 10.4. The SMILES string of the molecule is CCN(CC)S(=O)(=O)c1cc(C(=O)OCC(=O)c2ccccc2OC)ccc1Cl. The van der Waals surface area contributed by atoms with Crippen molar-refractivity contribution in [2.75, 3.05) is 26.8 Å². The van der Waals surface area contributed by atoms with Crippen molar-refractivity contribution >= 4 is 33.4 Å². The smallest absolute Gasteiger partial charge is 0.338 e. The molecule has 0 aliphatic heterocycles. The minimum atomic E-state index is -3.86. The second-order valence-electron chi connectivity index (χ2n) is 5.93. The number of esters is 1. The van der Waals surface area contributed by atoms with E-state index in [4.69, 9.17) is 21.1 Å². The van der Waals surface area contributed by atoms with Crippen LogP contribution in [0.5, 0.6) is 5.75 Å². The van der Waals surface area contributed by atoms with E-state index in [2.05, 4.69) is 0 Å². The van der Waals surface area contributed by atoms with E-state index >= 15 is 0 Å². The minimum absolute atomic E-state index is 0.00134. The first-order valence-corrected chi connectivity index (χ1v) is 10.7. The van der Waals surface area contributed by atoms with Crippen LogP contribution in [0.4, 0.5) is 0 Å². The van der Waals surface area contributed by atoms with E-state index in [0.29, 0.717) is 5.75 Å². The summed E-state index contributed by atoms with van der Waals surface area (Å²) in [6.07, 6.45) is 0. The molecule has 0 saturated carbocycles. The summed E-state index contributed by atoms with van der Waals surface area (Å²) in [6.45, 7) is 3.42. The fourth-order valence-corrected chi connectivity index (χ4v) is 4.66. The molecule has 0 aliphatic carbocycles. The van der Waals surface area contributed by atoms with Gasteiger partial charge in [0.25, 0.3) is 0 Å². The Morgan fingerprint density at radius 2 is 1.72 bits per heavy atom. The number of methoxy groups -OCH3 is 1. The van der Waals surface area contributed by atoms with Crippen molar-refractivity contribution in [2.45, 2.75) is 18.7 Å². The van der Waals surface area contributed by atoms with Gasteiger partial charge >= 0.3 is 5.97 Å². The number of ether oxygens (including phenoxy) is 2. The zero-order valence-corrected chi connectivity index (χ0v) is 17.9. The number of Topliss-reactive ketones (excluding diaryl/α,β-unsaturated/α-hetero) is 1. The van der Waals surface area contributed by atoms with Crippen molar-refractivity contribution in [1.82, 2.24) is 4.31 Å². The maximum absolute atomic E-state index is 12.7. The first-order valence-electron chi connectivity index (χ1n) is 8.89. The summed E-state index contributed by atoms with van der Waals surface area (Å²) < 4.78 is 36.9. The lowest BCUT2D eigenvalue weighted by atomic mass is 10.1. The maximum Gasteiger partial charge on any atom is 0.338 e. The van der Waals surface area contributed by atoms with Gasteiger partial charge in [0.05, 0.1) is 23.3 Å². The molecule has 2 rings (SSSR count). The van der Waals surface area contributed by atoms with Gasteiger partial charge in [0.15, 0.2) is 6.61 Å². The van der Waals surface area contributed by atoms with Crippen LogP contribution in [0.1, 0.15) is 34.6 Å². The summed E-state index contributed by atoms with van der Waals surface area (Å²) in [5, 5.41) is -0.00134. The van der Waals surface area contributed by atoms with Crippen LogP contribution in [0, 0.1) is 0 Å². The second-order valence-corrected chi connectivity index (χ2v) is 8.25. The largest absolute Gasteiger partial charge is 0.496 e. The average molecular weight is 440 g/mol. The molecule has 0 amide bonds. The number of benzene rings is 2. The highest BCUT2D eigenvalue weighted by molar-refractivity contribution is 7.89. The highest BCUT2D eigenvalue weighted by atomic mass is 35.5. The van der Waals surface area contributed by atoms with Gasteiger partial charge in [0, 0.05) is 13.1 Å². The van der Waals surface area contributed by atoms with Crippen LogP contribution in [0.15, 0.2) is 47.4 Å². The summed E-state index contributed by atoms with van der Waals surface area (Å²) in [5.74, 6) is -0.908. The third kappa shape index (κ3) is 5.14. The molecule has 0 N–H and O–H groups in total. The second kappa shape index (κ2) is 9.87. The van der Waals surface area contributed by atoms with E-state index in [1.54, 1.807) is 38.1 Å². The highest BCUT2D eigenvalue weighted by Gasteiger charge is 2.26. The quantitative estimate of drug-likeness (QED) is 0.439. The normalized spacial score (nSPS) is 11.3. The number of hydrogen-bond donors (Lipinski definition) is 0. The molecule has 0 bridgehead atoms. The van der Waals surface area contributed by atoms with Crippen LogP contribution in [0.25, 0.3) is 0 Å². The van der Waals surface area contributed by atoms with E-state index in [0.717, 1.165) is 6.07 Å². The lowest BCUT2D eigenvalue weighted by Gasteiger charge is -2.19. The monoisotopic (exact) mass is 439 g/mol. The molecule has 0 heterocycles. The molecule has 0 atom stereocenters. The Morgan fingerprint density at radius 3 is 2.34 bits per heavy atom. The van der Waals surface area contributed by atoms with Gasteiger partial charge in [-0.15, -0.1) is 0 Å². The standard InChI is InChI=1S/C20H22ClNO6S/c1-4-22(5-2)29(25,26)19-12-14(10-11-16(19)21)20(24)28-13-17(23)15-8-6-7-9-18(15)27-3/h6-12H,4-5,13H2,1-3H3. The van der Waals surface area contributed by atoms with Crippen LogP contribution in [0.3, 0.4) is 0 Å². The average Bonchev–Trinajstić information content (AvgIpc) is 2.72. The van der Waals surface area contributed by atoms with Crippen molar-refractivity contribution in [2.24, 2.45) is 0 Å². The highest BCUT2D eigenvalue weighted by Crippen LogP contribution is 2.26. The fraction of sp³-hybridized carbons (Fsp3) is 0.300. The Balaban J connectivity index is 2.21. The molecule has 2 aromatic rings. The third-order valence-corrected chi connectivity index (χ3v) is 6.76. The summed E-state index contributed by atoms with van der Waals surface area (Å²) in [7, 11) is -2.43. The molecule has 0 aromatic heterocycles. The molecular formula is C20H22ClNO6S. The van der Waals surface area contributed by atoms with Gasteiger partial charge < -0.3 is 9.47 Å². The number of carbonyl (C=O) groups excluding carboxylic acids is 2. The van der Waals surface area contributed by atoms with Gasteiger partial charge in [0.2, 0.25) is 15.8 Å². The molecule has 2 aromatic carbocycles. The van der Waals surface area contributed by atoms with Crippen LogP contribution in [0.2, 0.25) is 5.02 Å². The number of hydrogen-bond acceptors (Lipinski definition) is 6. The fourth-order valence-electron chi connectivity index (χ4n) is 2.70. The molecule has 156 valence electrons. The van der Waals surface area contributed by atoms with Crippen LogP contribution >= 0.6 is 11.6 Å². The first-order chi connectivity index (χ1) is 13.8. The predicted molar refractivity (Wildman–Crippen MR) is 109 cm³/mol. The van der Waals surface area contributed by atoms with Crippen molar-refractivity contribution in [3.63, 3.8) is 0 Å². The molecule has 0 spiro atoms. The van der Waals surface area contributed by atoms with Gasteiger partial charge in [0.1, 0.15) is 10.6 Å². The zero-order chi connectivity index (χ0) is 21.6. The number of carbonyl (C=O) groups is 2. The van der Waals surface area contributed by atoms with Gasteiger partial charge in [-0.1, -0.05) is 37.6 Å². The van der Waals surface area contributed by atoms with E-state index in [1.807, 2.05) is 0 Å². The van der Waals surface area contributed by atoms with Gasteiger partial charge in [-0.25, -0.2) is 13.2 Å². The van der Waals surface area contributed by atoms with Crippen molar-refractivity contribution in [3.8, 4) is 5.75 Å². The summed E-state index contributed by atoms with van der Waals surface area (Å²) in [5.41, 5.74) is 0.261. The predicted octanol–water partition coefficient (Wildman–Crippen LogP) is 3.42. The van der Waals surface area contributed by atoms with E-state index in [-0.39, 0.29) is 34.1 Å². The van der Waals surface area contributed by atoms with Crippen LogP contribution in [-0.4, -0.2) is 51.3 Å². The molecule has 0 fully saturated rings. The molecule has 29 heavy (non-hydrogen) atoms. The molecule has 0 unspecified atom stereocenters. The Kier molecular flexibility index (Phi) is 7.78. The minimum Gasteiger partial charge on any atom is -0.496 e. The topological polar surface area (TPSA) is 90.0 Å². The third-order valence-electron chi connectivity index (χ3n) is 4.23.